The van der Waals surface area contributed by atoms with Gasteiger partial charge >= 0.3 is 0 Å². The Labute approximate surface area is 213 Å². The largest absolute Gasteiger partial charge is 0.378 e. The van der Waals surface area contributed by atoms with Crippen molar-refractivity contribution in [2.45, 2.75) is 150 Å². The normalized spacial score (nSPS) is 21.1. The van der Waals surface area contributed by atoms with Gasteiger partial charge in [0.05, 0.1) is 17.8 Å². The van der Waals surface area contributed by atoms with Crippen molar-refractivity contribution in [1.29, 1.82) is 0 Å². The van der Waals surface area contributed by atoms with Crippen molar-refractivity contribution in [3.63, 3.8) is 0 Å². The van der Waals surface area contributed by atoms with Gasteiger partial charge in [-0.3, -0.25) is 4.68 Å². The van der Waals surface area contributed by atoms with Gasteiger partial charge in [0.25, 0.3) is 0 Å². The van der Waals surface area contributed by atoms with Crippen LogP contribution in [0.15, 0.2) is 6.07 Å². The van der Waals surface area contributed by atoms with Crippen molar-refractivity contribution in [3.8, 4) is 0 Å². The summed E-state index contributed by atoms with van der Waals surface area (Å²) in [5.74, 6) is 1.03. The summed E-state index contributed by atoms with van der Waals surface area (Å²) < 4.78 is 8.64. The lowest BCUT2D eigenvalue weighted by Crippen LogP contribution is -2.22. The predicted octanol–water partition coefficient (Wildman–Crippen LogP) is 8.73. The number of ether oxygens (including phenoxy) is 1. The molecule has 1 aliphatic carbocycles. The molecule has 2 atom stereocenters. The first-order valence-electron chi connectivity index (χ1n) is 14.8. The molecular formula is C30H59N3O. The number of rotatable bonds is 9. The highest BCUT2D eigenvalue weighted by molar-refractivity contribution is 5.17. The number of aromatic nitrogens is 2. The third kappa shape index (κ3) is 11.7. The fraction of sp³-hybridized carbons (Fsp3) is 0.900. The van der Waals surface area contributed by atoms with E-state index in [1.807, 2.05) is 0 Å². The maximum Gasteiger partial charge on any atom is 0.0653 e. The molecule has 2 fully saturated rings. The molecule has 4 nitrogen and oxygen atoms in total. The summed E-state index contributed by atoms with van der Waals surface area (Å²) in [6.45, 7) is 22.4. The molecule has 1 aromatic heterocycles. The predicted molar refractivity (Wildman–Crippen MR) is 149 cm³/mol. The maximum absolute atomic E-state index is 6.27. The van der Waals surface area contributed by atoms with Crippen LogP contribution in [0.5, 0.6) is 0 Å². The van der Waals surface area contributed by atoms with Crippen molar-refractivity contribution < 1.29 is 4.74 Å². The van der Waals surface area contributed by atoms with Gasteiger partial charge in [-0.1, -0.05) is 74.7 Å². The second-order valence-electron chi connectivity index (χ2n) is 11.0. The molecular weight excluding hydrogens is 418 g/mol. The molecule has 1 aliphatic heterocycles. The number of unbranched alkanes of at least 4 members (excludes halogenated alkanes) is 1. The van der Waals surface area contributed by atoms with Crippen LogP contribution in [0.3, 0.4) is 0 Å². The Morgan fingerprint density at radius 1 is 0.882 bits per heavy atom. The van der Waals surface area contributed by atoms with E-state index in [2.05, 4.69) is 71.0 Å². The van der Waals surface area contributed by atoms with Gasteiger partial charge in [0, 0.05) is 18.8 Å². The molecule has 34 heavy (non-hydrogen) atoms. The van der Waals surface area contributed by atoms with Gasteiger partial charge < -0.3 is 9.64 Å². The molecule has 0 radical (unpaired) electrons. The minimum atomic E-state index is 0.455. The van der Waals surface area contributed by atoms with Crippen LogP contribution in [0, 0.1) is 0 Å². The monoisotopic (exact) mass is 477 g/mol. The molecule has 200 valence electrons. The average molecular weight is 478 g/mol. The number of hydrogen-bond donors (Lipinski definition) is 0. The van der Waals surface area contributed by atoms with Crippen molar-refractivity contribution in [2.24, 2.45) is 0 Å². The van der Waals surface area contributed by atoms with Crippen molar-refractivity contribution >= 4 is 0 Å². The highest BCUT2D eigenvalue weighted by Crippen LogP contribution is 2.32. The van der Waals surface area contributed by atoms with E-state index in [1.165, 1.54) is 102 Å². The van der Waals surface area contributed by atoms with E-state index < -0.39 is 0 Å². The Bertz CT molecular complexity index is 602. The van der Waals surface area contributed by atoms with Gasteiger partial charge in [-0.2, -0.15) is 5.10 Å². The van der Waals surface area contributed by atoms with Crippen LogP contribution >= 0.6 is 0 Å². The maximum atomic E-state index is 6.27. The summed E-state index contributed by atoms with van der Waals surface area (Å²) in [6, 6.07) is 2.89. The first-order chi connectivity index (χ1) is 16.4. The third-order valence-electron chi connectivity index (χ3n) is 6.87. The van der Waals surface area contributed by atoms with Crippen LogP contribution < -0.4 is 0 Å². The van der Waals surface area contributed by atoms with Gasteiger partial charge in [0.1, 0.15) is 0 Å². The molecule has 2 aliphatic rings. The molecule has 4 heteroatoms. The Balaban J connectivity index is 0.000000732. The summed E-state index contributed by atoms with van der Waals surface area (Å²) in [6.07, 6.45) is 14.4. The van der Waals surface area contributed by atoms with Gasteiger partial charge in [0.2, 0.25) is 0 Å². The van der Waals surface area contributed by atoms with Gasteiger partial charge in [-0.15, -0.1) is 0 Å². The Hall–Kier alpha value is -0.870. The second kappa shape index (κ2) is 18.4. The lowest BCUT2D eigenvalue weighted by atomic mass is 10.0. The quantitative estimate of drug-likeness (QED) is 0.263. The Kier molecular flexibility index (Phi) is 16.9. The molecule has 2 heterocycles. The minimum Gasteiger partial charge on any atom is -0.378 e. The molecule has 1 aromatic rings. The van der Waals surface area contributed by atoms with Gasteiger partial charge in [-0.25, -0.2) is 0 Å². The Morgan fingerprint density at radius 2 is 1.53 bits per heavy atom. The van der Waals surface area contributed by atoms with Crippen molar-refractivity contribution in [3.05, 3.63) is 17.5 Å². The first-order valence-corrected chi connectivity index (χ1v) is 14.8. The molecule has 1 unspecified atom stereocenters. The van der Waals surface area contributed by atoms with E-state index in [1.54, 1.807) is 0 Å². The molecule has 0 spiro atoms. The van der Waals surface area contributed by atoms with Crippen LogP contribution in [-0.2, 0) is 4.74 Å². The van der Waals surface area contributed by atoms with E-state index in [0.717, 1.165) is 6.61 Å². The van der Waals surface area contributed by atoms with Crippen LogP contribution in [0.2, 0.25) is 0 Å². The molecule has 1 saturated heterocycles. The number of hydrogen-bond acceptors (Lipinski definition) is 3. The second-order valence-corrected chi connectivity index (χ2v) is 11.0. The summed E-state index contributed by atoms with van der Waals surface area (Å²) in [4.78, 5) is 2.59. The Morgan fingerprint density at radius 3 is 2.09 bits per heavy atom. The summed E-state index contributed by atoms with van der Waals surface area (Å²) in [5.41, 5.74) is 2.66. The van der Waals surface area contributed by atoms with E-state index in [0.29, 0.717) is 24.0 Å². The highest BCUT2D eigenvalue weighted by Gasteiger charge is 2.24. The van der Waals surface area contributed by atoms with Crippen molar-refractivity contribution in [2.75, 3.05) is 26.2 Å². The van der Waals surface area contributed by atoms with Crippen LogP contribution in [0.4, 0.5) is 0 Å². The zero-order valence-corrected chi connectivity index (χ0v) is 24.2. The molecule has 0 aromatic carbocycles. The van der Waals surface area contributed by atoms with Gasteiger partial charge in [0.15, 0.2) is 0 Å². The van der Waals surface area contributed by atoms with E-state index in [4.69, 9.17) is 9.84 Å². The molecule has 3 rings (SSSR count). The molecule has 0 bridgehead atoms. The molecule has 0 N–H and O–H groups in total. The van der Waals surface area contributed by atoms with Gasteiger partial charge in [-0.05, 0) is 82.4 Å². The fourth-order valence-electron chi connectivity index (χ4n) is 4.64. The van der Waals surface area contributed by atoms with E-state index >= 15 is 0 Å². The molecule has 1 saturated carbocycles. The van der Waals surface area contributed by atoms with Crippen LogP contribution in [-0.4, -0.2) is 47.0 Å². The zero-order chi connectivity index (χ0) is 25.3. The standard InChI is InChI=1S/C23H41N3O.C4H10.C3H8/c1-18(2)22-17-23(19(3)4)26(24-22)20-9-7-10-21(12-11-20)27-16-8-15-25-13-5-6-14-25;1-3-4-2;1-3-2/h17-21H,5-16H2,1-4H3;3-4H2,1-2H3;3H2,1-2H3/t20?,21-;;/m1../s1. The summed E-state index contributed by atoms with van der Waals surface area (Å²) in [7, 11) is 0. The summed E-state index contributed by atoms with van der Waals surface area (Å²) in [5, 5.41) is 5.01. The van der Waals surface area contributed by atoms with Crippen molar-refractivity contribution in [1.82, 2.24) is 14.7 Å². The van der Waals surface area contributed by atoms with E-state index in [-0.39, 0.29) is 0 Å². The fourth-order valence-corrected chi connectivity index (χ4v) is 4.64. The SMILES string of the molecule is CC(C)c1cc(C(C)C)n(C2CCC[C@@H](OCCCN3CCCC3)CC2)n1.CCC.CCCC. The van der Waals surface area contributed by atoms with Crippen LogP contribution in [0.1, 0.15) is 155 Å². The van der Waals surface area contributed by atoms with Crippen LogP contribution in [0.25, 0.3) is 0 Å². The summed E-state index contributed by atoms with van der Waals surface area (Å²) >= 11 is 0. The lowest BCUT2D eigenvalue weighted by Gasteiger charge is -2.20. The topological polar surface area (TPSA) is 30.3 Å². The zero-order valence-electron chi connectivity index (χ0n) is 24.2. The highest BCUT2D eigenvalue weighted by atomic mass is 16.5. The number of nitrogens with zero attached hydrogens (tertiary/aromatic N) is 3. The lowest BCUT2D eigenvalue weighted by molar-refractivity contribution is 0.0376. The minimum absolute atomic E-state index is 0.455. The van der Waals surface area contributed by atoms with E-state index in [9.17, 15) is 0 Å². The molecule has 0 amide bonds. The third-order valence-corrected chi connectivity index (χ3v) is 6.87. The average Bonchev–Trinajstić information content (AvgIpc) is 3.44. The number of likely N-dealkylation sites (tertiary alicyclic amines) is 1. The first kappa shape index (κ1) is 31.2. The smallest absolute Gasteiger partial charge is 0.0653 e.